The average Bonchev–Trinajstić information content (AvgIpc) is 2.77. The Kier molecular flexibility index (Phi) is 3.24. The van der Waals surface area contributed by atoms with Crippen molar-refractivity contribution in [3.63, 3.8) is 0 Å². The first-order chi connectivity index (χ1) is 8.20. The van der Waals surface area contributed by atoms with Crippen molar-refractivity contribution in [2.24, 2.45) is 5.73 Å². The fraction of sp³-hybridized carbons (Fsp3) is 0.0909. The molecule has 1 heterocycles. The number of nitrogens with zero attached hydrogens (tertiary/aromatic N) is 1. The number of carbonyl (C=O) groups is 1. The molecule has 0 unspecified atom stereocenters. The maximum Gasteiger partial charge on any atom is 0.282 e. The number of benzene rings is 1. The molecule has 0 aliphatic heterocycles. The van der Waals surface area contributed by atoms with Crippen molar-refractivity contribution in [2.45, 2.75) is 0 Å². The van der Waals surface area contributed by atoms with Crippen LogP contribution in [0.2, 0.25) is 0 Å². The molecule has 0 radical (unpaired) electrons. The number of nitrogens with two attached hydrogens (primary N) is 1. The van der Waals surface area contributed by atoms with E-state index < -0.39 is 5.91 Å². The molecule has 0 atom stereocenters. The Morgan fingerprint density at radius 1 is 1.41 bits per heavy atom. The molecule has 2 N–H and O–H groups in total. The first-order valence-corrected chi connectivity index (χ1v) is 5.59. The van der Waals surface area contributed by atoms with E-state index in [1.54, 1.807) is 37.6 Å². The zero-order valence-corrected chi connectivity index (χ0v) is 9.86. The SMILES string of the molecule is COc1cnc(Oc2ccccc2C(N)=O)s1. The highest BCUT2D eigenvalue weighted by Crippen LogP contribution is 2.32. The molecular formula is C11H10N2O3S. The second-order valence-corrected chi connectivity index (χ2v) is 4.07. The molecular weight excluding hydrogens is 240 g/mol. The molecule has 6 heteroatoms. The van der Waals surface area contributed by atoms with Gasteiger partial charge in [-0.25, -0.2) is 4.98 Å². The summed E-state index contributed by atoms with van der Waals surface area (Å²) in [5.41, 5.74) is 5.56. The molecule has 1 aromatic carbocycles. The van der Waals surface area contributed by atoms with Crippen LogP contribution in [0, 0.1) is 0 Å². The fourth-order valence-electron chi connectivity index (χ4n) is 1.24. The van der Waals surface area contributed by atoms with Crippen molar-refractivity contribution >= 4 is 17.2 Å². The maximum absolute atomic E-state index is 11.2. The first-order valence-electron chi connectivity index (χ1n) is 4.77. The predicted molar refractivity (Wildman–Crippen MR) is 63.7 cm³/mol. The molecule has 1 amide bonds. The second kappa shape index (κ2) is 4.84. The number of methoxy groups -OCH3 is 1. The average molecular weight is 250 g/mol. The number of thiazole rings is 1. The van der Waals surface area contributed by atoms with Crippen LogP contribution in [0.3, 0.4) is 0 Å². The molecule has 88 valence electrons. The van der Waals surface area contributed by atoms with Crippen LogP contribution in [0.5, 0.6) is 16.0 Å². The van der Waals surface area contributed by atoms with Crippen molar-refractivity contribution in [3.8, 4) is 16.0 Å². The van der Waals surface area contributed by atoms with Crippen molar-refractivity contribution in [3.05, 3.63) is 36.0 Å². The Balaban J connectivity index is 2.26. The summed E-state index contributed by atoms with van der Waals surface area (Å²) >= 11 is 1.24. The molecule has 2 aromatic rings. The van der Waals surface area contributed by atoms with Crippen LogP contribution >= 0.6 is 11.3 Å². The van der Waals surface area contributed by atoms with Gasteiger partial charge >= 0.3 is 0 Å². The zero-order valence-electron chi connectivity index (χ0n) is 9.04. The highest BCUT2D eigenvalue weighted by Gasteiger charge is 2.11. The van der Waals surface area contributed by atoms with Crippen LogP contribution in [-0.2, 0) is 0 Å². The molecule has 0 aliphatic rings. The quantitative estimate of drug-likeness (QED) is 0.901. The minimum atomic E-state index is -0.538. The van der Waals surface area contributed by atoms with Gasteiger partial charge in [-0.2, -0.15) is 0 Å². The fourth-order valence-corrected chi connectivity index (χ4v) is 1.84. The molecule has 17 heavy (non-hydrogen) atoms. The maximum atomic E-state index is 11.2. The number of hydrogen-bond donors (Lipinski definition) is 1. The third-order valence-electron chi connectivity index (χ3n) is 2.01. The number of para-hydroxylation sites is 1. The van der Waals surface area contributed by atoms with E-state index in [0.717, 1.165) is 0 Å². The molecule has 0 aliphatic carbocycles. The first kappa shape index (κ1) is 11.4. The highest BCUT2D eigenvalue weighted by atomic mass is 32.1. The second-order valence-electron chi connectivity index (χ2n) is 3.11. The van der Waals surface area contributed by atoms with Gasteiger partial charge in [0.25, 0.3) is 11.1 Å². The van der Waals surface area contributed by atoms with Gasteiger partial charge in [0.15, 0.2) is 5.06 Å². The van der Waals surface area contributed by atoms with Crippen molar-refractivity contribution < 1.29 is 14.3 Å². The van der Waals surface area contributed by atoms with Crippen LogP contribution in [0.25, 0.3) is 0 Å². The standard InChI is InChI=1S/C11H10N2O3S/c1-15-9-6-13-11(17-9)16-8-5-3-2-4-7(8)10(12)14/h2-6H,1H3,(H2,12,14). The van der Waals surface area contributed by atoms with Crippen molar-refractivity contribution in [1.82, 2.24) is 4.98 Å². The Morgan fingerprint density at radius 2 is 2.18 bits per heavy atom. The molecule has 0 saturated heterocycles. The third kappa shape index (κ3) is 2.54. The normalized spacial score (nSPS) is 9.94. The summed E-state index contributed by atoms with van der Waals surface area (Å²) < 4.78 is 10.5. The number of aromatic nitrogens is 1. The zero-order chi connectivity index (χ0) is 12.3. The lowest BCUT2D eigenvalue weighted by atomic mass is 10.2. The van der Waals surface area contributed by atoms with Crippen molar-refractivity contribution in [1.29, 1.82) is 0 Å². The van der Waals surface area contributed by atoms with E-state index in [-0.39, 0.29) is 0 Å². The number of hydrogen-bond acceptors (Lipinski definition) is 5. The van der Waals surface area contributed by atoms with Crippen LogP contribution in [-0.4, -0.2) is 18.0 Å². The Morgan fingerprint density at radius 3 is 2.82 bits per heavy atom. The topological polar surface area (TPSA) is 74.4 Å². The predicted octanol–water partition coefficient (Wildman–Crippen LogP) is 2.04. The number of ether oxygens (including phenoxy) is 2. The Hall–Kier alpha value is -2.08. The van der Waals surface area contributed by atoms with Gasteiger partial charge in [0.1, 0.15) is 5.75 Å². The Bertz CT molecular complexity index is 539. The van der Waals surface area contributed by atoms with E-state index in [2.05, 4.69) is 4.98 Å². The van der Waals surface area contributed by atoms with Gasteiger partial charge in [-0.05, 0) is 23.5 Å². The summed E-state index contributed by atoms with van der Waals surface area (Å²) in [5, 5.41) is 1.03. The Labute approximate surface area is 102 Å². The van der Waals surface area contributed by atoms with E-state index >= 15 is 0 Å². The minimum absolute atomic E-state index is 0.321. The molecule has 1 aromatic heterocycles. The van der Waals surface area contributed by atoms with Gasteiger partial charge in [-0.3, -0.25) is 4.79 Å². The largest absolute Gasteiger partial charge is 0.486 e. The summed E-state index contributed by atoms with van der Waals surface area (Å²) in [5.74, 6) is -0.152. The lowest BCUT2D eigenvalue weighted by molar-refractivity contribution is 0.0998. The van der Waals surface area contributed by atoms with Crippen LogP contribution in [0.15, 0.2) is 30.5 Å². The summed E-state index contributed by atoms with van der Waals surface area (Å²) in [6, 6.07) is 6.73. The highest BCUT2D eigenvalue weighted by molar-refractivity contribution is 7.15. The van der Waals surface area contributed by atoms with Gasteiger partial charge in [-0.1, -0.05) is 12.1 Å². The minimum Gasteiger partial charge on any atom is -0.486 e. The molecule has 0 saturated carbocycles. The summed E-state index contributed by atoms with van der Waals surface area (Å²) in [4.78, 5) is 15.2. The number of primary amides is 1. The summed E-state index contributed by atoms with van der Waals surface area (Å²) in [6.45, 7) is 0. The van der Waals surface area contributed by atoms with E-state index in [9.17, 15) is 4.79 Å². The lowest BCUT2D eigenvalue weighted by Gasteiger charge is -2.05. The third-order valence-corrected chi connectivity index (χ3v) is 2.85. The van der Waals surface area contributed by atoms with Gasteiger partial charge < -0.3 is 15.2 Å². The molecule has 2 rings (SSSR count). The van der Waals surface area contributed by atoms with E-state index in [4.69, 9.17) is 15.2 Å². The lowest BCUT2D eigenvalue weighted by Crippen LogP contribution is -2.11. The van der Waals surface area contributed by atoms with E-state index in [1.165, 1.54) is 11.3 Å². The van der Waals surface area contributed by atoms with Gasteiger partial charge in [0.05, 0.1) is 18.9 Å². The van der Waals surface area contributed by atoms with Gasteiger partial charge in [0, 0.05) is 0 Å². The van der Waals surface area contributed by atoms with Gasteiger partial charge in [0.2, 0.25) is 0 Å². The van der Waals surface area contributed by atoms with E-state index in [1.807, 2.05) is 0 Å². The number of rotatable bonds is 4. The van der Waals surface area contributed by atoms with Crippen LogP contribution < -0.4 is 15.2 Å². The number of carbonyl (C=O) groups excluding carboxylic acids is 1. The van der Waals surface area contributed by atoms with Crippen LogP contribution in [0.4, 0.5) is 0 Å². The molecule has 5 nitrogen and oxygen atoms in total. The van der Waals surface area contributed by atoms with Crippen molar-refractivity contribution in [2.75, 3.05) is 7.11 Å². The smallest absolute Gasteiger partial charge is 0.282 e. The van der Waals surface area contributed by atoms with Gasteiger partial charge in [-0.15, -0.1) is 0 Å². The molecule has 0 spiro atoms. The van der Waals surface area contributed by atoms with E-state index in [0.29, 0.717) is 21.6 Å². The summed E-state index contributed by atoms with van der Waals surface area (Å²) in [6.07, 6.45) is 1.55. The molecule has 0 fully saturated rings. The van der Waals surface area contributed by atoms with Crippen LogP contribution in [0.1, 0.15) is 10.4 Å². The monoisotopic (exact) mass is 250 g/mol. The molecule has 0 bridgehead atoms. The number of amides is 1. The summed E-state index contributed by atoms with van der Waals surface area (Å²) in [7, 11) is 1.55.